The second-order valence-electron chi connectivity index (χ2n) is 7.05. The van der Waals surface area contributed by atoms with Crippen LogP contribution in [0.4, 0.5) is 0 Å². The van der Waals surface area contributed by atoms with Crippen molar-refractivity contribution < 1.29 is 4.79 Å². The van der Waals surface area contributed by atoms with Crippen LogP contribution in [-0.4, -0.2) is 67.6 Å². The number of rotatable bonds is 10. The molecule has 0 saturated heterocycles. The third kappa shape index (κ3) is 6.20. The number of carbonyl (C=O) groups excluding carboxylic acids is 1. The topological polar surface area (TPSA) is 61.6 Å². The minimum atomic E-state index is -0.623. The SMILES string of the molecule is CC(C)CN(CCN(C)C)CC(C)(NC1CC1)C(N)=O. The Hall–Kier alpha value is -0.650. The van der Waals surface area contributed by atoms with Gasteiger partial charge in [-0.1, -0.05) is 13.8 Å². The van der Waals surface area contributed by atoms with Crippen LogP contribution in [0.15, 0.2) is 0 Å². The van der Waals surface area contributed by atoms with Crippen LogP contribution in [0.25, 0.3) is 0 Å². The van der Waals surface area contributed by atoms with Gasteiger partial charge in [0.15, 0.2) is 0 Å². The Morgan fingerprint density at radius 3 is 2.35 bits per heavy atom. The number of amides is 1. The van der Waals surface area contributed by atoms with Gasteiger partial charge in [-0.05, 0) is 39.8 Å². The molecule has 0 radical (unpaired) electrons. The molecule has 1 saturated carbocycles. The summed E-state index contributed by atoms with van der Waals surface area (Å²) >= 11 is 0. The van der Waals surface area contributed by atoms with E-state index in [4.69, 9.17) is 5.73 Å². The Balaban J connectivity index is 2.64. The van der Waals surface area contributed by atoms with Gasteiger partial charge in [-0.15, -0.1) is 0 Å². The molecule has 20 heavy (non-hydrogen) atoms. The summed E-state index contributed by atoms with van der Waals surface area (Å²) in [5, 5.41) is 3.43. The first-order chi connectivity index (χ1) is 9.23. The fraction of sp³-hybridized carbons (Fsp3) is 0.933. The lowest BCUT2D eigenvalue weighted by atomic mass is 9.99. The largest absolute Gasteiger partial charge is 0.368 e. The Labute approximate surface area is 123 Å². The molecular weight excluding hydrogens is 252 g/mol. The summed E-state index contributed by atoms with van der Waals surface area (Å²) < 4.78 is 0. The molecule has 5 nitrogen and oxygen atoms in total. The number of nitrogens with zero attached hydrogens (tertiary/aromatic N) is 2. The molecule has 1 rings (SSSR count). The summed E-state index contributed by atoms with van der Waals surface area (Å²) in [5.74, 6) is 0.332. The molecule has 5 heteroatoms. The van der Waals surface area contributed by atoms with E-state index in [0.717, 1.165) is 32.5 Å². The van der Waals surface area contributed by atoms with Crippen LogP contribution in [0.3, 0.4) is 0 Å². The number of carbonyl (C=O) groups is 1. The number of nitrogens with one attached hydrogen (secondary N) is 1. The molecular formula is C15H32N4O. The summed E-state index contributed by atoms with van der Waals surface area (Å²) in [6, 6.07) is 0.474. The highest BCUT2D eigenvalue weighted by Crippen LogP contribution is 2.23. The van der Waals surface area contributed by atoms with Crippen LogP contribution < -0.4 is 11.1 Å². The summed E-state index contributed by atoms with van der Waals surface area (Å²) in [6.07, 6.45) is 2.31. The maximum atomic E-state index is 11.9. The zero-order valence-corrected chi connectivity index (χ0v) is 13.8. The van der Waals surface area contributed by atoms with E-state index >= 15 is 0 Å². The van der Waals surface area contributed by atoms with Crippen molar-refractivity contribution in [1.82, 2.24) is 15.1 Å². The predicted molar refractivity (Wildman–Crippen MR) is 83.6 cm³/mol. The van der Waals surface area contributed by atoms with Gasteiger partial charge in [0.1, 0.15) is 5.54 Å². The first kappa shape index (κ1) is 17.4. The molecule has 1 aliphatic rings. The van der Waals surface area contributed by atoms with Crippen LogP contribution in [0.1, 0.15) is 33.6 Å². The molecule has 0 aromatic heterocycles. The van der Waals surface area contributed by atoms with Crippen LogP contribution in [0.2, 0.25) is 0 Å². The lowest BCUT2D eigenvalue weighted by molar-refractivity contribution is -0.124. The Morgan fingerprint density at radius 2 is 1.95 bits per heavy atom. The maximum absolute atomic E-state index is 11.9. The molecule has 1 fully saturated rings. The van der Waals surface area contributed by atoms with Crippen molar-refractivity contribution in [2.45, 2.75) is 45.2 Å². The van der Waals surface area contributed by atoms with Crippen molar-refractivity contribution in [3.05, 3.63) is 0 Å². The third-order valence-corrected chi connectivity index (χ3v) is 3.67. The zero-order valence-electron chi connectivity index (χ0n) is 13.8. The molecule has 0 bridgehead atoms. The summed E-state index contributed by atoms with van der Waals surface area (Å²) in [4.78, 5) is 16.4. The van der Waals surface area contributed by atoms with Gasteiger partial charge in [0.2, 0.25) is 5.91 Å². The number of nitrogens with two attached hydrogens (primary N) is 1. The van der Waals surface area contributed by atoms with E-state index in [1.165, 1.54) is 0 Å². The van der Waals surface area contributed by atoms with E-state index in [0.29, 0.717) is 18.5 Å². The average Bonchev–Trinajstić information content (AvgIpc) is 3.08. The van der Waals surface area contributed by atoms with Gasteiger partial charge in [0.25, 0.3) is 0 Å². The standard InChI is InChI=1S/C15H32N4O/c1-12(2)10-19(9-8-18(4)5)11-15(3,14(16)20)17-13-6-7-13/h12-13,17H,6-11H2,1-5H3,(H2,16,20). The quantitative estimate of drug-likeness (QED) is 0.613. The van der Waals surface area contributed by atoms with Crippen LogP contribution in [0, 0.1) is 5.92 Å². The first-order valence-corrected chi connectivity index (χ1v) is 7.67. The number of hydrogen-bond donors (Lipinski definition) is 2. The molecule has 1 amide bonds. The minimum Gasteiger partial charge on any atom is -0.368 e. The lowest BCUT2D eigenvalue weighted by Crippen LogP contribution is -2.61. The van der Waals surface area contributed by atoms with Crippen molar-refractivity contribution in [2.75, 3.05) is 40.3 Å². The highest BCUT2D eigenvalue weighted by atomic mass is 16.1. The summed E-state index contributed by atoms with van der Waals surface area (Å²) in [5.41, 5.74) is 5.02. The van der Waals surface area contributed by atoms with Gasteiger partial charge in [0.05, 0.1) is 0 Å². The minimum absolute atomic E-state index is 0.247. The average molecular weight is 284 g/mol. The zero-order chi connectivity index (χ0) is 15.3. The number of likely N-dealkylation sites (N-methyl/N-ethyl adjacent to an activating group) is 1. The molecule has 3 N–H and O–H groups in total. The molecule has 0 spiro atoms. The first-order valence-electron chi connectivity index (χ1n) is 7.67. The molecule has 0 aliphatic heterocycles. The van der Waals surface area contributed by atoms with Crippen molar-refractivity contribution in [1.29, 1.82) is 0 Å². The molecule has 0 aromatic rings. The molecule has 1 unspecified atom stereocenters. The van der Waals surface area contributed by atoms with Gasteiger partial charge in [-0.3, -0.25) is 15.0 Å². The second kappa shape index (κ2) is 7.38. The molecule has 1 atom stereocenters. The molecule has 1 aliphatic carbocycles. The summed E-state index contributed by atoms with van der Waals surface area (Å²) in [6.45, 7) is 9.98. The Kier molecular flexibility index (Phi) is 6.43. The Morgan fingerprint density at radius 1 is 1.35 bits per heavy atom. The molecule has 118 valence electrons. The van der Waals surface area contributed by atoms with Crippen LogP contribution in [0.5, 0.6) is 0 Å². The highest BCUT2D eigenvalue weighted by molar-refractivity contribution is 5.84. The summed E-state index contributed by atoms with van der Waals surface area (Å²) in [7, 11) is 4.15. The molecule has 0 heterocycles. The lowest BCUT2D eigenvalue weighted by Gasteiger charge is -2.35. The predicted octanol–water partition coefficient (Wildman–Crippen LogP) is 0.502. The smallest absolute Gasteiger partial charge is 0.238 e. The normalized spacial score (nSPS) is 18.8. The van der Waals surface area contributed by atoms with Gasteiger partial charge in [0, 0.05) is 32.2 Å². The third-order valence-electron chi connectivity index (χ3n) is 3.67. The van der Waals surface area contributed by atoms with E-state index in [1.54, 1.807) is 0 Å². The fourth-order valence-electron chi connectivity index (χ4n) is 2.41. The van der Waals surface area contributed by atoms with Gasteiger partial charge in [-0.2, -0.15) is 0 Å². The van der Waals surface area contributed by atoms with Gasteiger partial charge < -0.3 is 10.6 Å². The van der Waals surface area contributed by atoms with Gasteiger partial charge >= 0.3 is 0 Å². The number of primary amides is 1. The monoisotopic (exact) mass is 284 g/mol. The van der Waals surface area contributed by atoms with E-state index < -0.39 is 5.54 Å². The van der Waals surface area contributed by atoms with E-state index in [2.05, 4.69) is 43.1 Å². The van der Waals surface area contributed by atoms with Crippen molar-refractivity contribution in [3.8, 4) is 0 Å². The van der Waals surface area contributed by atoms with Crippen LogP contribution in [-0.2, 0) is 4.79 Å². The van der Waals surface area contributed by atoms with E-state index in [-0.39, 0.29) is 5.91 Å². The Bertz CT molecular complexity index is 315. The highest BCUT2D eigenvalue weighted by Gasteiger charge is 2.38. The van der Waals surface area contributed by atoms with Crippen molar-refractivity contribution >= 4 is 5.91 Å². The number of hydrogen-bond acceptors (Lipinski definition) is 4. The van der Waals surface area contributed by atoms with Crippen molar-refractivity contribution in [3.63, 3.8) is 0 Å². The van der Waals surface area contributed by atoms with Crippen molar-refractivity contribution in [2.24, 2.45) is 11.7 Å². The molecule has 0 aromatic carbocycles. The van der Waals surface area contributed by atoms with Gasteiger partial charge in [-0.25, -0.2) is 0 Å². The fourth-order valence-corrected chi connectivity index (χ4v) is 2.41. The second-order valence-corrected chi connectivity index (χ2v) is 7.05. The van der Waals surface area contributed by atoms with E-state index in [9.17, 15) is 4.79 Å². The maximum Gasteiger partial charge on any atom is 0.238 e. The van der Waals surface area contributed by atoms with E-state index in [1.807, 2.05) is 6.92 Å². The van der Waals surface area contributed by atoms with Crippen LogP contribution >= 0.6 is 0 Å².